The van der Waals surface area contributed by atoms with Crippen LogP contribution in [0, 0.1) is 0 Å². The number of hydrogen-bond donors (Lipinski definition) is 0. The van der Waals surface area contributed by atoms with E-state index < -0.39 is 41.7 Å². The Hall–Kier alpha value is -2.85. The molecule has 170 valence electrons. The lowest BCUT2D eigenvalue weighted by atomic mass is 10.1. The maximum Gasteiger partial charge on any atom is 0.303 e. The van der Waals surface area contributed by atoms with Gasteiger partial charge in [0.15, 0.2) is 23.7 Å². The number of rotatable bonds is 6. The van der Waals surface area contributed by atoms with E-state index in [4.69, 9.17) is 30.5 Å². The van der Waals surface area contributed by atoms with Gasteiger partial charge in [-0.05, 0) is 18.2 Å². The van der Waals surface area contributed by atoms with Gasteiger partial charge in [-0.15, -0.1) is 11.8 Å². The van der Waals surface area contributed by atoms with Gasteiger partial charge in [-0.3, -0.25) is 24.4 Å². The first-order chi connectivity index (χ1) is 15.2. The molecule has 0 spiro atoms. The molecule has 2 aromatic rings. The largest absolute Gasteiger partial charge is 0.474 e. The van der Waals surface area contributed by atoms with Gasteiger partial charge in [0.05, 0.1) is 16.9 Å². The van der Waals surface area contributed by atoms with Crippen LogP contribution in [0.25, 0.3) is 11.3 Å². The normalized spacial score (nSPS) is 22.5. The second kappa shape index (κ2) is 10.6. The Labute approximate surface area is 193 Å². The van der Waals surface area contributed by atoms with Crippen molar-refractivity contribution < 1.29 is 33.3 Å². The van der Waals surface area contributed by atoms with Crippen LogP contribution < -0.4 is 4.74 Å². The van der Waals surface area contributed by atoms with Crippen LogP contribution in [-0.2, 0) is 28.6 Å². The number of carbonyl (C=O) groups is 3. The number of esters is 3. The van der Waals surface area contributed by atoms with Crippen molar-refractivity contribution in [2.24, 2.45) is 0 Å². The highest BCUT2D eigenvalue weighted by Gasteiger charge is 2.47. The van der Waals surface area contributed by atoms with Crippen LogP contribution in [-0.4, -0.2) is 57.4 Å². The van der Waals surface area contributed by atoms with Crippen molar-refractivity contribution in [1.29, 1.82) is 0 Å². The third-order valence-electron chi connectivity index (χ3n) is 4.29. The molecule has 0 bridgehead atoms. The Morgan fingerprint density at radius 1 is 0.969 bits per heavy atom. The Morgan fingerprint density at radius 3 is 2.25 bits per heavy atom. The van der Waals surface area contributed by atoms with Gasteiger partial charge in [-0.2, -0.15) is 0 Å². The highest BCUT2D eigenvalue weighted by Crippen LogP contribution is 2.34. The van der Waals surface area contributed by atoms with Gasteiger partial charge in [-0.1, -0.05) is 11.6 Å². The van der Waals surface area contributed by atoms with Crippen molar-refractivity contribution in [3.8, 4) is 17.0 Å². The van der Waals surface area contributed by atoms with Crippen LogP contribution in [0.4, 0.5) is 0 Å². The summed E-state index contributed by atoms with van der Waals surface area (Å²) in [5.74, 6) is -1.04. The van der Waals surface area contributed by atoms with Gasteiger partial charge in [0.2, 0.25) is 0 Å². The molecular formula is C21H21ClN2O7S. The number of halogens is 1. The molecule has 4 atom stereocenters. The molecule has 9 nitrogen and oxygen atoms in total. The van der Waals surface area contributed by atoms with E-state index >= 15 is 0 Å². The summed E-state index contributed by atoms with van der Waals surface area (Å²) in [5, 5.41) is 0.492. The molecule has 0 N–H and O–H groups in total. The Kier molecular flexibility index (Phi) is 7.92. The maximum absolute atomic E-state index is 11.7. The van der Waals surface area contributed by atoms with Crippen LogP contribution in [0.2, 0.25) is 5.02 Å². The number of thioether (sulfide) groups is 1. The van der Waals surface area contributed by atoms with E-state index in [1.165, 1.54) is 44.9 Å². The molecule has 1 saturated heterocycles. The van der Waals surface area contributed by atoms with Crippen molar-refractivity contribution in [3.63, 3.8) is 0 Å². The molecule has 0 aromatic carbocycles. The van der Waals surface area contributed by atoms with Gasteiger partial charge in [0, 0.05) is 44.5 Å². The minimum absolute atomic E-state index is 0.277. The zero-order chi connectivity index (χ0) is 23.3. The lowest BCUT2D eigenvalue weighted by molar-refractivity contribution is -0.186. The summed E-state index contributed by atoms with van der Waals surface area (Å²) in [7, 11) is 0. The van der Waals surface area contributed by atoms with Gasteiger partial charge < -0.3 is 18.9 Å². The summed E-state index contributed by atoms with van der Waals surface area (Å²) in [4.78, 5) is 43.3. The molecule has 3 heterocycles. The van der Waals surface area contributed by atoms with E-state index in [0.29, 0.717) is 16.5 Å². The number of hydrogen-bond acceptors (Lipinski definition) is 10. The first-order valence-corrected chi connectivity index (χ1v) is 11.0. The molecule has 3 rings (SSSR count). The summed E-state index contributed by atoms with van der Waals surface area (Å²) in [6, 6.07) is 5.18. The molecule has 1 aliphatic heterocycles. The molecule has 0 unspecified atom stereocenters. The Balaban J connectivity index is 1.81. The van der Waals surface area contributed by atoms with E-state index in [-0.39, 0.29) is 5.75 Å². The number of pyridine rings is 2. The highest BCUT2D eigenvalue weighted by atomic mass is 35.5. The third-order valence-corrected chi connectivity index (χ3v) is 5.71. The van der Waals surface area contributed by atoms with E-state index in [2.05, 4.69) is 9.97 Å². The second-order valence-corrected chi connectivity index (χ2v) is 8.45. The Bertz CT molecular complexity index is 988. The summed E-state index contributed by atoms with van der Waals surface area (Å²) < 4.78 is 22.0. The van der Waals surface area contributed by atoms with Crippen LogP contribution >= 0.6 is 23.4 Å². The predicted octanol–water partition coefficient (Wildman–Crippen LogP) is 3.04. The molecule has 0 aliphatic carbocycles. The van der Waals surface area contributed by atoms with Crippen LogP contribution in [0.1, 0.15) is 20.8 Å². The number of carbonyl (C=O) groups excluding carboxylic acids is 3. The summed E-state index contributed by atoms with van der Waals surface area (Å²) in [6.45, 7) is 3.71. The molecule has 1 aliphatic rings. The zero-order valence-corrected chi connectivity index (χ0v) is 19.1. The zero-order valence-electron chi connectivity index (χ0n) is 17.5. The minimum atomic E-state index is -1.02. The maximum atomic E-state index is 11.7. The Morgan fingerprint density at radius 2 is 1.66 bits per heavy atom. The smallest absolute Gasteiger partial charge is 0.303 e. The summed E-state index contributed by atoms with van der Waals surface area (Å²) in [5.41, 5.74) is 0.663. The molecule has 2 aromatic heterocycles. The van der Waals surface area contributed by atoms with Crippen LogP contribution in [0.15, 0.2) is 36.8 Å². The fraction of sp³-hybridized carbons (Fsp3) is 0.381. The molecule has 1 fully saturated rings. The second-order valence-electron chi connectivity index (χ2n) is 6.89. The number of aromatic nitrogens is 2. The van der Waals surface area contributed by atoms with Crippen molar-refractivity contribution in [1.82, 2.24) is 9.97 Å². The molecular weight excluding hydrogens is 460 g/mol. The monoisotopic (exact) mass is 480 g/mol. The molecule has 0 amide bonds. The number of ether oxygens (including phenoxy) is 4. The van der Waals surface area contributed by atoms with Gasteiger partial charge >= 0.3 is 17.9 Å². The standard InChI is InChI=1S/C21H21ClN2O7S/c1-11(25)28-18-10-32-21(20(30-13(3)27)19(18)29-12(2)26)31-16-4-5-17(24-9-16)14-6-15(22)8-23-7-14/h4-9,18-21H,10H2,1-3H3/t18-,19+,20-,21+/m1/s1. The van der Waals surface area contributed by atoms with E-state index in [1.807, 2.05) is 0 Å². The fourth-order valence-electron chi connectivity index (χ4n) is 3.12. The minimum Gasteiger partial charge on any atom is -0.474 e. The van der Waals surface area contributed by atoms with Crippen molar-refractivity contribution in [2.75, 3.05) is 5.75 Å². The molecule has 0 saturated carbocycles. The molecule has 32 heavy (non-hydrogen) atoms. The first kappa shape index (κ1) is 23.8. The molecule has 11 heteroatoms. The quantitative estimate of drug-likeness (QED) is 0.451. The topological polar surface area (TPSA) is 114 Å². The number of nitrogens with zero attached hydrogens (tertiary/aromatic N) is 2. The fourth-order valence-corrected chi connectivity index (χ4v) is 4.51. The lowest BCUT2D eigenvalue weighted by Gasteiger charge is -2.39. The van der Waals surface area contributed by atoms with Crippen molar-refractivity contribution in [2.45, 2.75) is 44.5 Å². The van der Waals surface area contributed by atoms with Crippen LogP contribution in [0.3, 0.4) is 0 Å². The third kappa shape index (κ3) is 6.33. The SMILES string of the molecule is CC(=O)O[C@@H]1[C@@H](OC(C)=O)[C@@H](Oc2ccc(-c3cncc(Cl)c3)nc2)SC[C@H]1OC(C)=O. The first-order valence-electron chi connectivity index (χ1n) is 9.60. The highest BCUT2D eigenvalue weighted by molar-refractivity contribution is 7.99. The van der Waals surface area contributed by atoms with Crippen molar-refractivity contribution >= 4 is 41.3 Å². The molecule has 0 radical (unpaired) electrons. The summed E-state index contributed by atoms with van der Waals surface area (Å²) in [6.07, 6.45) is 1.87. The lowest BCUT2D eigenvalue weighted by Crippen LogP contribution is -2.55. The van der Waals surface area contributed by atoms with E-state index in [1.54, 1.807) is 24.4 Å². The average molecular weight is 481 g/mol. The van der Waals surface area contributed by atoms with E-state index in [9.17, 15) is 14.4 Å². The average Bonchev–Trinajstić information content (AvgIpc) is 2.72. The van der Waals surface area contributed by atoms with Gasteiger partial charge in [-0.25, -0.2) is 0 Å². The van der Waals surface area contributed by atoms with E-state index in [0.717, 1.165) is 5.56 Å². The summed E-state index contributed by atoms with van der Waals surface area (Å²) >= 11 is 7.25. The van der Waals surface area contributed by atoms with Gasteiger partial charge in [0.25, 0.3) is 0 Å². The van der Waals surface area contributed by atoms with Crippen LogP contribution in [0.5, 0.6) is 5.75 Å². The van der Waals surface area contributed by atoms with Crippen molar-refractivity contribution in [3.05, 3.63) is 41.8 Å². The predicted molar refractivity (Wildman–Crippen MR) is 116 cm³/mol. The van der Waals surface area contributed by atoms with Gasteiger partial charge in [0.1, 0.15) is 5.75 Å².